The first-order valence-corrected chi connectivity index (χ1v) is 12.0. The van der Waals surface area contributed by atoms with E-state index in [1.807, 2.05) is 0 Å². The van der Waals surface area contributed by atoms with Gasteiger partial charge in [-0.15, -0.1) is 11.6 Å². The number of aliphatic hydroxyl groups excluding tert-OH is 3. The largest absolute Gasteiger partial charge is 0.390 e. The van der Waals surface area contributed by atoms with Gasteiger partial charge in [-0.05, 0) is 44.4 Å². The summed E-state index contributed by atoms with van der Waals surface area (Å²) in [4.78, 5) is 13.2. The number of hydrogen-bond acceptors (Lipinski definition) is 6. The Labute approximate surface area is 193 Å². The van der Waals surface area contributed by atoms with Crippen molar-refractivity contribution in [3.05, 3.63) is 23.8 Å². The van der Waals surface area contributed by atoms with Crippen LogP contribution in [0.2, 0.25) is 0 Å². The molecule has 8 heteroatoms. The second-order valence-electron chi connectivity index (χ2n) is 10.6. The summed E-state index contributed by atoms with van der Waals surface area (Å²) < 4.78 is 22.2. The highest BCUT2D eigenvalue weighted by Crippen LogP contribution is 2.70. The number of ketones is 1. The van der Waals surface area contributed by atoms with E-state index in [1.54, 1.807) is 39.0 Å². The molecule has 0 aromatic carbocycles. The summed E-state index contributed by atoms with van der Waals surface area (Å²) in [5.74, 6) is -2.14. The molecule has 32 heavy (non-hydrogen) atoms. The number of allylic oxidation sites excluding steroid dienone is 2. The normalized spacial score (nSPS) is 50.8. The Morgan fingerprint density at radius 1 is 1.34 bits per heavy atom. The van der Waals surface area contributed by atoms with Crippen LogP contribution in [0.5, 0.6) is 0 Å². The fourth-order valence-electron chi connectivity index (χ4n) is 7.59. The Hall–Kier alpha value is -0.830. The Morgan fingerprint density at radius 3 is 2.69 bits per heavy atom. The third kappa shape index (κ3) is 2.98. The smallest absolute Gasteiger partial charge is 0.190 e. The average Bonchev–Trinajstić information content (AvgIpc) is 2.94. The van der Waals surface area contributed by atoms with Crippen LogP contribution in [-0.4, -0.2) is 68.5 Å². The molecule has 4 aliphatic rings. The molecule has 4 rings (SSSR count). The fourth-order valence-corrected chi connectivity index (χ4v) is 7.67. The average molecular weight is 473 g/mol. The van der Waals surface area contributed by atoms with E-state index in [0.717, 1.165) is 5.57 Å². The van der Waals surface area contributed by atoms with Crippen molar-refractivity contribution in [1.82, 2.24) is 0 Å². The standard InChI is InChI=1S/C24H34ClFO6/c1-13-8-17-16-5-4-14-9-15(27)6-7-21(14,2)23(16,26)18(28)10-22(17,3)24(13,31)19(29)12-32-20(30)11-25/h6-7,9,13,15-18,20,27-28,30-31H,4-5,8,10-12H2,1-3H3/t13-,15?,16+,17+,18+,20?,21+,22+,23+,24+/m1/s1. The van der Waals surface area contributed by atoms with Crippen molar-refractivity contribution < 1.29 is 34.3 Å². The number of carbonyl (C=O) groups is 1. The van der Waals surface area contributed by atoms with Gasteiger partial charge in [0.2, 0.25) is 0 Å². The van der Waals surface area contributed by atoms with Crippen molar-refractivity contribution in [2.24, 2.45) is 28.6 Å². The number of hydrogen-bond donors (Lipinski definition) is 4. The molecule has 6 nitrogen and oxygen atoms in total. The van der Waals surface area contributed by atoms with Crippen molar-refractivity contribution in [3.63, 3.8) is 0 Å². The third-order valence-corrected chi connectivity index (χ3v) is 9.55. The van der Waals surface area contributed by atoms with Gasteiger partial charge in [-0.25, -0.2) is 4.39 Å². The topological polar surface area (TPSA) is 107 Å². The van der Waals surface area contributed by atoms with Crippen molar-refractivity contribution in [2.45, 2.75) is 76.2 Å². The van der Waals surface area contributed by atoms with Crippen molar-refractivity contribution >= 4 is 17.4 Å². The molecule has 0 spiro atoms. The predicted octanol–water partition coefficient (Wildman–Crippen LogP) is 2.27. The van der Waals surface area contributed by atoms with Gasteiger partial charge in [-0.3, -0.25) is 4.79 Å². The Morgan fingerprint density at radius 2 is 2.03 bits per heavy atom. The lowest BCUT2D eigenvalue weighted by atomic mass is 9.44. The zero-order valence-corrected chi connectivity index (χ0v) is 19.6. The molecule has 4 aliphatic carbocycles. The number of ether oxygens (including phenoxy) is 1. The van der Waals surface area contributed by atoms with Crippen LogP contribution in [0.1, 0.15) is 46.5 Å². The first kappa shape index (κ1) is 24.3. The SMILES string of the molecule is C[C@@H]1C[C@H]2[C@@H]3CCC4=CC(O)C=C[C@]4(C)[C@@]3(F)[C@@H](O)C[C@]2(C)[C@@]1(O)C(=O)COC(O)CCl. The summed E-state index contributed by atoms with van der Waals surface area (Å²) in [7, 11) is 0. The van der Waals surface area contributed by atoms with Gasteiger partial charge in [-0.2, -0.15) is 0 Å². The molecule has 0 aromatic rings. The molecular formula is C24H34ClFO6. The van der Waals surface area contributed by atoms with Gasteiger partial charge in [0.25, 0.3) is 0 Å². The Bertz CT molecular complexity index is 848. The molecule has 0 saturated heterocycles. The number of fused-ring (bicyclic) bond motifs is 5. The molecule has 3 saturated carbocycles. The molecule has 0 heterocycles. The first-order chi connectivity index (χ1) is 14.9. The minimum absolute atomic E-state index is 0.0748. The molecule has 10 atom stereocenters. The predicted molar refractivity (Wildman–Crippen MR) is 117 cm³/mol. The number of rotatable bonds is 5. The maximum absolute atomic E-state index is 17.1. The van der Waals surface area contributed by atoms with Gasteiger partial charge in [0, 0.05) is 16.7 Å². The van der Waals surface area contributed by atoms with Gasteiger partial charge in [0.1, 0.15) is 12.2 Å². The summed E-state index contributed by atoms with van der Waals surface area (Å²) in [6.07, 6.45) is 2.85. The molecule has 0 amide bonds. The summed E-state index contributed by atoms with van der Waals surface area (Å²) in [6, 6.07) is 0. The number of alkyl halides is 2. The summed E-state index contributed by atoms with van der Waals surface area (Å²) in [6.45, 7) is 4.81. The van der Waals surface area contributed by atoms with Crippen LogP contribution in [0.3, 0.4) is 0 Å². The molecule has 4 N–H and O–H groups in total. The van der Waals surface area contributed by atoms with Crippen LogP contribution in [0.4, 0.5) is 4.39 Å². The second kappa shape index (κ2) is 7.85. The number of aliphatic hydroxyl groups is 4. The van der Waals surface area contributed by atoms with Gasteiger partial charge in [0.15, 0.2) is 17.7 Å². The first-order valence-electron chi connectivity index (χ1n) is 11.4. The summed E-state index contributed by atoms with van der Waals surface area (Å²) in [5.41, 5.74) is -5.11. The maximum Gasteiger partial charge on any atom is 0.190 e. The Kier molecular flexibility index (Phi) is 5.96. The van der Waals surface area contributed by atoms with Crippen LogP contribution in [0, 0.1) is 28.6 Å². The highest BCUT2D eigenvalue weighted by Gasteiger charge is 2.75. The number of carbonyl (C=O) groups excluding carboxylic acids is 1. The van der Waals surface area contributed by atoms with E-state index in [9.17, 15) is 25.2 Å². The van der Waals surface area contributed by atoms with Crippen LogP contribution in [0.25, 0.3) is 0 Å². The molecule has 180 valence electrons. The second-order valence-corrected chi connectivity index (χ2v) is 11.0. The Balaban J connectivity index is 1.71. The molecule has 3 fully saturated rings. The van der Waals surface area contributed by atoms with Crippen molar-refractivity contribution in [3.8, 4) is 0 Å². The van der Waals surface area contributed by atoms with E-state index in [-0.39, 0.29) is 18.2 Å². The molecule has 0 aliphatic heterocycles. The lowest BCUT2D eigenvalue weighted by Crippen LogP contribution is -2.69. The van der Waals surface area contributed by atoms with Gasteiger partial charge < -0.3 is 25.2 Å². The monoisotopic (exact) mass is 472 g/mol. The van der Waals surface area contributed by atoms with E-state index in [0.29, 0.717) is 19.3 Å². The highest BCUT2D eigenvalue weighted by atomic mass is 35.5. The third-order valence-electron chi connectivity index (χ3n) is 9.29. The molecule has 0 aromatic heterocycles. The van der Waals surface area contributed by atoms with Gasteiger partial charge >= 0.3 is 0 Å². The van der Waals surface area contributed by atoms with E-state index in [4.69, 9.17) is 16.3 Å². The molecule has 2 unspecified atom stereocenters. The van der Waals surface area contributed by atoms with Gasteiger partial charge in [-0.1, -0.05) is 37.6 Å². The zero-order valence-electron chi connectivity index (χ0n) is 18.8. The summed E-state index contributed by atoms with van der Waals surface area (Å²) in [5, 5.41) is 42.6. The van der Waals surface area contributed by atoms with E-state index < -0.39 is 64.8 Å². The molecular weight excluding hydrogens is 439 g/mol. The van der Waals surface area contributed by atoms with E-state index in [1.165, 1.54) is 0 Å². The van der Waals surface area contributed by atoms with Crippen LogP contribution >= 0.6 is 11.6 Å². The van der Waals surface area contributed by atoms with Crippen LogP contribution < -0.4 is 0 Å². The lowest BCUT2D eigenvalue weighted by molar-refractivity contribution is -0.221. The van der Waals surface area contributed by atoms with Crippen LogP contribution in [0.15, 0.2) is 23.8 Å². The minimum Gasteiger partial charge on any atom is -0.390 e. The quantitative estimate of drug-likeness (QED) is 0.278. The van der Waals surface area contributed by atoms with E-state index >= 15 is 4.39 Å². The summed E-state index contributed by atoms with van der Waals surface area (Å²) >= 11 is 5.54. The van der Waals surface area contributed by atoms with Crippen molar-refractivity contribution in [1.29, 1.82) is 0 Å². The fraction of sp³-hybridized carbons (Fsp3) is 0.792. The van der Waals surface area contributed by atoms with Crippen molar-refractivity contribution in [2.75, 3.05) is 12.5 Å². The zero-order chi connectivity index (χ0) is 23.7. The van der Waals surface area contributed by atoms with E-state index in [2.05, 4.69) is 0 Å². The minimum atomic E-state index is -1.97. The lowest BCUT2D eigenvalue weighted by Gasteiger charge is -2.62. The highest BCUT2D eigenvalue weighted by molar-refractivity contribution is 6.18. The molecule has 0 bridgehead atoms. The maximum atomic E-state index is 17.1. The number of Topliss-reactive ketones (excluding diaryl/α,β-unsaturated/α-hetero) is 1. The number of halogens is 2. The van der Waals surface area contributed by atoms with Crippen LogP contribution in [-0.2, 0) is 9.53 Å². The van der Waals surface area contributed by atoms with Gasteiger partial charge in [0.05, 0.1) is 18.1 Å². The molecule has 0 radical (unpaired) electrons.